The van der Waals surface area contributed by atoms with Gasteiger partial charge in [0.2, 0.25) is 5.95 Å². The molecule has 1 amide bonds. The maximum Gasteiger partial charge on any atom is 0.255 e. The van der Waals surface area contributed by atoms with Crippen LogP contribution in [0.5, 0.6) is 0 Å². The summed E-state index contributed by atoms with van der Waals surface area (Å²) in [5, 5.41) is 2.60. The number of benzene rings is 2. The van der Waals surface area contributed by atoms with Crippen LogP contribution in [0.4, 0.5) is 20.4 Å². The molecule has 0 fully saturated rings. The quantitative estimate of drug-likeness (QED) is 0.744. The van der Waals surface area contributed by atoms with E-state index >= 15 is 0 Å². The topological polar surface area (TPSA) is 80.9 Å². The Balaban J connectivity index is 0.00000225. The molecule has 0 bridgehead atoms. The van der Waals surface area contributed by atoms with Crippen molar-refractivity contribution in [2.75, 3.05) is 11.1 Å². The van der Waals surface area contributed by atoms with E-state index in [1.54, 1.807) is 30.6 Å². The molecule has 1 aromatic heterocycles. The second-order valence-electron chi connectivity index (χ2n) is 5.02. The third-order valence-electron chi connectivity index (χ3n) is 3.25. The van der Waals surface area contributed by atoms with E-state index in [9.17, 15) is 13.6 Å². The number of carbonyl (C=O) groups is 1. The van der Waals surface area contributed by atoms with Gasteiger partial charge < -0.3 is 11.1 Å². The van der Waals surface area contributed by atoms with Gasteiger partial charge in [-0.15, -0.1) is 12.4 Å². The highest BCUT2D eigenvalue weighted by molar-refractivity contribution is 6.04. The molecule has 0 radical (unpaired) electrons. The van der Waals surface area contributed by atoms with Gasteiger partial charge in [0.25, 0.3) is 5.91 Å². The van der Waals surface area contributed by atoms with E-state index in [0.29, 0.717) is 11.8 Å². The summed E-state index contributed by atoms with van der Waals surface area (Å²) in [6.45, 7) is 0. The molecule has 25 heavy (non-hydrogen) atoms. The van der Waals surface area contributed by atoms with Crippen molar-refractivity contribution >= 4 is 29.9 Å². The number of hydrogen-bond acceptors (Lipinski definition) is 4. The summed E-state index contributed by atoms with van der Waals surface area (Å²) in [5.74, 6) is -2.07. The third kappa shape index (κ3) is 4.48. The second kappa shape index (κ2) is 7.67. The predicted octanol–water partition coefficient (Wildman–Crippen LogP) is 3.68. The summed E-state index contributed by atoms with van der Waals surface area (Å²) in [5.41, 5.74) is 7.30. The van der Waals surface area contributed by atoms with Crippen LogP contribution in [0.1, 0.15) is 10.4 Å². The zero-order chi connectivity index (χ0) is 17.1. The molecule has 128 valence electrons. The lowest BCUT2D eigenvalue weighted by atomic mass is 10.1. The number of rotatable bonds is 3. The van der Waals surface area contributed by atoms with Gasteiger partial charge in [0.05, 0.1) is 0 Å². The number of carbonyl (C=O) groups excluding carboxylic acids is 1. The van der Waals surface area contributed by atoms with Crippen molar-refractivity contribution in [2.24, 2.45) is 0 Å². The van der Waals surface area contributed by atoms with Crippen molar-refractivity contribution in [3.05, 3.63) is 72.1 Å². The third-order valence-corrected chi connectivity index (χ3v) is 3.25. The van der Waals surface area contributed by atoms with Crippen molar-refractivity contribution in [1.29, 1.82) is 0 Å². The van der Waals surface area contributed by atoms with E-state index in [2.05, 4.69) is 15.3 Å². The number of nitrogens with one attached hydrogen (secondary N) is 1. The van der Waals surface area contributed by atoms with Crippen LogP contribution in [0.2, 0.25) is 0 Å². The zero-order valence-corrected chi connectivity index (χ0v) is 13.6. The standard InChI is InChI=1S/C17H12F2N4O.ClH/c18-13-4-11(5-14(19)7-13)16(24)23-15-3-1-2-10(6-15)12-8-21-17(20)22-9-12;/h1-9H,(H,23,24)(H2,20,21,22);1H. The Morgan fingerprint density at radius 2 is 1.60 bits per heavy atom. The first-order valence-electron chi connectivity index (χ1n) is 6.97. The Morgan fingerprint density at radius 3 is 2.24 bits per heavy atom. The number of anilines is 2. The average molecular weight is 363 g/mol. The molecule has 0 aliphatic rings. The molecular weight excluding hydrogens is 350 g/mol. The Bertz CT molecular complexity index is 883. The minimum Gasteiger partial charge on any atom is -0.368 e. The largest absolute Gasteiger partial charge is 0.368 e. The van der Waals surface area contributed by atoms with E-state index in [1.807, 2.05) is 6.07 Å². The van der Waals surface area contributed by atoms with E-state index in [4.69, 9.17) is 5.73 Å². The number of nitrogens with zero attached hydrogens (tertiary/aromatic N) is 2. The van der Waals surface area contributed by atoms with E-state index in [-0.39, 0.29) is 23.9 Å². The summed E-state index contributed by atoms with van der Waals surface area (Å²) in [6.07, 6.45) is 3.12. The van der Waals surface area contributed by atoms with E-state index in [0.717, 1.165) is 23.3 Å². The Labute approximate surface area is 148 Å². The summed E-state index contributed by atoms with van der Waals surface area (Å²) in [4.78, 5) is 19.9. The fourth-order valence-electron chi connectivity index (χ4n) is 2.15. The molecule has 0 aliphatic heterocycles. The molecule has 0 aliphatic carbocycles. The van der Waals surface area contributed by atoms with Gasteiger partial charge in [0.1, 0.15) is 11.6 Å². The van der Waals surface area contributed by atoms with Crippen LogP contribution in [0.25, 0.3) is 11.1 Å². The van der Waals surface area contributed by atoms with E-state index < -0.39 is 17.5 Å². The highest BCUT2D eigenvalue weighted by atomic mass is 35.5. The minimum absolute atomic E-state index is 0. The molecule has 0 saturated carbocycles. The van der Waals surface area contributed by atoms with Crippen molar-refractivity contribution < 1.29 is 13.6 Å². The van der Waals surface area contributed by atoms with Gasteiger partial charge in [-0.05, 0) is 29.8 Å². The SMILES string of the molecule is Cl.Nc1ncc(-c2cccc(NC(=O)c3cc(F)cc(F)c3)c2)cn1. The average Bonchev–Trinajstić information content (AvgIpc) is 2.55. The lowest BCUT2D eigenvalue weighted by Crippen LogP contribution is -2.12. The molecule has 1 heterocycles. The van der Waals surface area contributed by atoms with Crippen LogP contribution < -0.4 is 11.1 Å². The number of amides is 1. The van der Waals surface area contributed by atoms with Crippen molar-refractivity contribution in [3.8, 4) is 11.1 Å². The molecule has 3 aromatic rings. The highest BCUT2D eigenvalue weighted by Crippen LogP contribution is 2.22. The fourth-order valence-corrected chi connectivity index (χ4v) is 2.15. The van der Waals surface area contributed by atoms with E-state index in [1.165, 1.54) is 0 Å². The van der Waals surface area contributed by atoms with Crippen molar-refractivity contribution in [3.63, 3.8) is 0 Å². The predicted molar refractivity (Wildman–Crippen MR) is 93.4 cm³/mol. The number of aromatic nitrogens is 2. The molecule has 5 nitrogen and oxygen atoms in total. The van der Waals surface area contributed by atoms with Crippen molar-refractivity contribution in [1.82, 2.24) is 9.97 Å². The second-order valence-corrected chi connectivity index (χ2v) is 5.02. The Hall–Kier alpha value is -3.06. The number of halogens is 3. The number of hydrogen-bond donors (Lipinski definition) is 2. The molecular formula is C17H13ClF2N4O. The van der Waals surface area contributed by atoms with Crippen LogP contribution in [0, 0.1) is 11.6 Å². The van der Waals surface area contributed by atoms with Crippen LogP contribution in [0.15, 0.2) is 54.9 Å². The van der Waals surface area contributed by atoms with Gasteiger partial charge in [-0.3, -0.25) is 4.79 Å². The van der Waals surface area contributed by atoms with Gasteiger partial charge in [0.15, 0.2) is 0 Å². The van der Waals surface area contributed by atoms with Crippen LogP contribution in [-0.4, -0.2) is 15.9 Å². The van der Waals surface area contributed by atoms with Crippen molar-refractivity contribution in [2.45, 2.75) is 0 Å². The molecule has 8 heteroatoms. The molecule has 3 N–H and O–H groups in total. The lowest BCUT2D eigenvalue weighted by molar-refractivity contribution is 0.102. The molecule has 3 rings (SSSR count). The zero-order valence-electron chi connectivity index (χ0n) is 12.7. The first-order valence-corrected chi connectivity index (χ1v) is 6.97. The van der Waals surface area contributed by atoms with Crippen LogP contribution >= 0.6 is 12.4 Å². The molecule has 0 saturated heterocycles. The first-order chi connectivity index (χ1) is 11.5. The first kappa shape index (κ1) is 18.3. The van der Waals surface area contributed by atoms with Crippen LogP contribution in [-0.2, 0) is 0 Å². The van der Waals surface area contributed by atoms with Gasteiger partial charge >= 0.3 is 0 Å². The minimum atomic E-state index is -0.812. The number of nitrogen functional groups attached to an aromatic ring is 1. The Kier molecular flexibility index (Phi) is 5.61. The molecule has 0 atom stereocenters. The van der Waals surface area contributed by atoms with Gasteiger partial charge in [-0.2, -0.15) is 0 Å². The summed E-state index contributed by atoms with van der Waals surface area (Å²) in [6, 6.07) is 9.54. The maximum absolute atomic E-state index is 13.2. The Morgan fingerprint density at radius 1 is 0.960 bits per heavy atom. The van der Waals surface area contributed by atoms with Crippen LogP contribution in [0.3, 0.4) is 0 Å². The molecule has 2 aromatic carbocycles. The fraction of sp³-hybridized carbons (Fsp3) is 0. The molecule has 0 spiro atoms. The normalized spacial score (nSPS) is 10.0. The van der Waals surface area contributed by atoms with Gasteiger partial charge in [0, 0.05) is 35.3 Å². The highest BCUT2D eigenvalue weighted by Gasteiger charge is 2.10. The summed E-state index contributed by atoms with van der Waals surface area (Å²) >= 11 is 0. The smallest absolute Gasteiger partial charge is 0.255 e. The number of nitrogens with two attached hydrogens (primary N) is 1. The van der Waals surface area contributed by atoms with Gasteiger partial charge in [-0.1, -0.05) is 12.1 Å². The maximum atomic E-state index is 13.2. The van der Waals surface area contributed by atoms with Gasteiger partial charge in [-0.25, -0.2) is 18.7 Å². The lowest BCUT2D eigenvalue weighted by Gasteiger charge is -2.08. The summed E-state index contributed by atoms with van der Waals surface area (Å²) < 4.78 is 26.4. The molecule has 0 unspecified atom stereocenters. The summed E-state index contributed by atoms with van der Waals surface area (Å²) in [7, 11) is 0. The monoisotopic (exact) mass is 362 g/mol.